The highest BCUT2D eigenvalue weighted by Crippen LogP contribution is 2.13. The predicted molar refractivity (Wildman–Crippen MR) is 51.5 cm³/mol. The Morgan fingerprint density at radius 3 is 2.54 bits per heavy atom. The van der Waals surface area contributed by atoms with Crippen LogP contribution in [0.2, 0.25) is 0 Å². The van der Waals surface area contributed by atoms with Gasteiger partial charge >= 0.3 is 0 Å². The number of piperidine rings is 1. The molecule has 1 N–H and O–H groups in total. The highest BCUT2D eigenvalue weighted by molar-refractivity contribution is 5.82. The standard InChI is InChI=1S/C10H18N2O/c13-10(9-5-4-6-11-9)12-7-2-1-3-8-12/h9,11H,1-8H2/t9-/m0/s1. The Morgan fingerprint density at radius 1 is 1.15 bits per heavy atom. The molecule has 0 aliphatic carbocycles. The minimum absolute atomic E-state index is 0.137. The van der Waals surface area contributed by atoms with Crippen LogP contribution in [0.4, 0.5) is 0 Å². The summed E-state index contributed by atoms with van der Waals surface area (Å²) in [5.41, 5.74) is 0. The van der Waals surface area contributed by atoms with Crippen molar-refractivity contribution in [1.29, 1.82) is 0 Å². The van der Waals surface area contributed by atoms with Crippen molar-refractivity contribution < 1.29 is 4.79 Å². The first-order valence-electron chi connectivity index (χ1n) is 5.40. The van der Waals surface area contributed by atoms with E-state index >= 15 is 0 Å². The van der Waals surface area contributed by atoms with Gasteiger partial charge in [-0.25, -0.2) is 0 Å². The lowest BCUT2D eigenvalue weighted by atomic mass is 10.1. The van der Waals surface area contributed by atoms with E-state index in [9.17, 15) is 4.79 Å². The first-order chi connectivity index (χ1) is 6.38. The Hall–Kier alpha value is -0.570. The third-order valence-electron chi connectivity index (χ3n) is 3.03. The Bertz CT molecular complexity index is 181. The van der Waals surface area contributed by atoms with Gasteiger partial charge in [0, 0.05) is 13.1 Å². The third kappa shape index (κ3) is 2.02. The number of hydrogen-bond acceptors (Lipinski definition) is 2. The van der Waals surface area contributed by atoms with Crippen molar-refractivity contribution in [3.63, 3.8) is 0 Å². The molecular formula is C10H18N2O. The molecule has 0 radical (unpaired) electrons. The molecule has 2 aliphatic rings. The quantitative estimate of drug-likeness (QED) is 0.649. The smallest absolute Gasteiger partial charge is 0.239 e. The van der Waals surface area contributed by atoms with Gasteiger partial charge in [0.25, 0.3) is 0 Å². The molecule has 0 unspecified atom stereocenters. The molecule has 0 spiro atoms. The minimum Gasteiger partial charge on any atom is -0.341 e. The van der Waals surface area contributed by atoms with Crippen LogP contribution in [0.15, 0.2) is 0 Å². The largest absolute Gasteiger partial charge is 0.341 e. The molecule has 1 amide bonds. The number of hydrogen-bond donors (Lipinski definition) is 1. The number of rotatable bonds is 1. The molecule has 2 heterocycles. The second kappa shape index (κ2) is 4.09. The Labute approximate surface area is 79.5 Å². The van der Waals surface area contributed by atoms with E-state index in [1.54, 1.807) is 0 Å². The summed E-state index contributed by atoms with van der Waals surface area (Å²) >= 11 is 0. The van der Waals surface area contributed by atoms with Gasteiger partial charge in [0.1, 0.15) is 0 Å². The number of carbonyl (C=O) groups is 1. The number of carbonyl (C=O) groups excluding carboxylic acids is 1. The van der Waals surface area contributed by atoms with Gasteiger partial charge in [-0.3, -0.25) is 4.79 Å². The van der Waals surface area contributed by atoms with E-state index in [2.05, 4.69) is 5.32 Å². The maximum absolute atomic E-state index is 11.9. The summed E-state index contributed by atoms with van der Waals surface area (Å²) in [5, 5.41) is 3.26. The van der Waals surface area contributed by atoms with E-state index in [1.807, 2.05) is 4.90 Å². The molecular weight excluding hydrogens is 164 g/mol. The topological polar surface area (TPSA) is 32.3 Å². The van der Waals surface area contributed by atoms with Crippen LogP contribution in [0.5, 0.6) is 0 Å². The molecule has 0 saturated carbocycles. The lowest BCUT2D eigenvalue weighted by Crippen LogP contribution is -2.45. The summed E-state index contributed by atoms with van der Waals surface area (Å²) < 4.78 is 0. The van der Waals surface area contributed by atoms with Crippen molar-refractivity contribution in [2.75, 3.05) is 19.6 Å². The normalized spacial score (nSPS) is 29.2. The van der Waals surface area contributed by atoms with Crippen LogP contribution in [0.3, 0.4) is 0 Å². The monoisotopic (exact) mass is 182 g/mol. The summed E-state index contributed by atoms with van der Waals surface area (Å²) in [5.74, 6) is 0.345. The molecule has 2 fully saturated rings. The molecule has 1 atom stereocenters. The SMILES string of the molecule is O=C([C@@H]1CCCN1)N1CCCCC1. The third-order valence-corrected chi connectivity index (χ3v) is 3.03. The van der Waals surface area contributed by atoms with Gasteiger partial charge in [-0.05, 0) is 38.6 Å². The molecule has 2 aliphatic heterocycles. The zero-order valence-electron chi connectivity index (χ0n) is 8.09. The molecule has 3 heteroatoms. The summed E-state index contributed by atoms with van der Waals surface area (Å²) in [6.07, 6.45) is 5.87. The van der Waals surface area contributed by atoms with Crippen molar-refractivity contribution in [1.82, 2.24) is 10.2 Å². The fourth-order valence-corrected chi connectivity index (χ4v) is 2.23. The summed E-state index contributed by atoms with van der Waals surface area (Å²) in [6.45, 7) is 2.98. The van der Waals surface area contributed by atoms with Crippen LogP contribution in [0, 0.1) is 0 Å². The highest BCUT2D eigenvalue weighted by atomic mass is 16.2. The van der Waals surface area contributed by atoms with E-state index in [-0.39, 0.29) is 6.04 Å². The number of amides is 1. The van der Waals surface area contributed by atoms with Crippen LogP contribution in [-0.4, -0.2) is 36.5 Å². The molecule has 74 valence electrons. The summed E-state index contributed by atoms with van der Waals surface area (Å²) in [4.78, 5) is 13.9. The van der Waals surface area contributed by atoms with Crippen molar-refractivity contribution in [2.24, 2.45) is 0 Å². The van der Waals surface area contributed by atoms with Crippen molar-refractivity contribution in [3.8, 4) is 0 Å². The van der Waals surface area contributed by atoms with E-state index < -0.39 is 0 Å². The Morgan fingerprint density at radius 2 is 1.92 bits per heavy atom. The van der Waals surface area contributed by atoms with Gasteiger partial charge in [0.15, 0.2) is 0 Å². The van der Waals surface area contributed by atoms with E-state index in [0.717, 1.165) is 32.5 Å². The Balaban J connectivity index is 1.87. The molecule has 0 aromatic heterocycles. The fraction of sp³-hybridized carbons (Fsp3) is 0.900. The van der Waals surface area contributed by atoms with Crippen molar-refractivity contribution >= 4 is 5.91 Å². The minimum atomic E-state index is 0.137. The highest BCUT2D eigenvalue weighted by Gasteiger charge is 2.27. The molecule has 13 heavy (non-hydrogen) atoms. The predicted octanol–water partition coefficient (Wildman–Crippen LogP) is 0.751. The number of nitrogens with one attached hydrogen (secondary N) is 1. The van der Waals surface area contributed by atoms with Gasteiger partial charge in [-0.15, -0.1) is 0 Å². The van der Waals surface area contributed by atoms with Gasteiger partial charge < -0.3 is 10.2 Å². The average Bonchev–Trinajstić information content (AvgIpc) is 2.71. The molecule has 0 bridgehead atoms. The number of nitrogens with zero attached hydrogens (tertiary/aromatic N) is 1. The maximum Gasteiger partial charge on any atom is 0.239 e. The molecule has 0 aromatic carbocycles. The first kappa shape index (κ1) is 9.00. The molecule has 2 saturated heterocycles. The lowest BCUT2D eigenvalue weighted by Gasteiger charge is -2.29. The molecule has 0 aromatic rings. The summed E-state index contributed by atoms with van der Waals surface area (Å²) in [7, 11) is 0. The van der Waals surface area contributed by atoms with Crippen molar-refractivity contribution in [2.45, 2.75) is 38.1 Å². The van der Waals surface area contributed by atoms with Crippen LogP contribution < -0.4 is 5.32 Å². The molecule has 3 nitrogen and oxygen atoms in total. The second-order valence-electron chi connectivity index (χ2n) is 4.03. The number of likely N-dealkylation sites (tertiary alicyclic amines) is 1. The van der Waals surface area contributed by atoms with Gasteiger partial charge in [-0.2, -0.15) is 0 Å². The van der Waals surface area contributed by atoms with E-state index in [0.29, 0.717) is 5.91 Å². The molecule has 2 rings (SSSR count). The first-order valence-corrected chi connectivity index (χ1v) is 5.40. The zero-order chi connectivity index (χ0) is 9.10. The van der Waals surface area contributed by atoms with Gasteiger partial charge in [0.2, 0.25) is 5.91 Å². The van der Waals surface area contributed by atoms with E-state index in [4.69, 9.17) is 0 Å². The van der Waals surface area contributed by atoms with Crippen molar-refractivity contribution in [3.05, 3.63) is 0 Å². The maximum atomic E-state index is 11.9. The van der Waals surface area contributed by atoms with Crippen LogP contribution in [-0.2, 0) is 4.79 Å². The lowest BCUT2D eigenvalue weighted by molar-refractivity contribution is -0.133. The zero-order valence-corrected chi connectivity index (χ0v) is 8.09. The fourth-order valence-electron chi connectivity index (χ4n) is 2.23. The van der Waals surface area contributed by atoms with Crippen LogP contribution in [0.25, 0.3) is 0 Å². The van der Waals surface area contributed by atoms with Crippen LogP contribution >= 0.6 is 0 Å². The Kier molecular flexibility index (Phi) is 2.83. The van der Waals surface area contributed by atoms with Gasteiger partial charge in [0.05, 0.1) is 6.04 Å². The second-order valence-corrected chi connectivity index (χ2v) is 4.03. The summed E-state index contributed by atoms with van der Waals surface area (Å²) in [6, 6.07) is 0.137. The van der Waals surface area contributed by atoms with Crippen LogP contribution in [0.1, 0.15) is 32.1 Å². The average molecular weight is 182 g/mol. The van der Waals surface area contributed by atoms with E-state index in [1.165, 1.54) is 19.3 Å². The van der Waals surface area contributed by atoms with Gasteiger partial charge in [-0.1, -0.05) is 0 Å².